The third-order valence-corrected chi connectivity index (χ3v) is 4.83. The maximum atomic E-state index is 11.8. The lowest BCUT2D eigenvalue weighted by molar-refractivity contribution is -0.127. The molecule has 0 bridgehead atoms. The van der Waals surface area contributed by atoms with Gasteiger partial charge in [0.05, 0.1) is 17.3 Å². The van der Waals surface area contributed by atoms with Crippen molar-refractivity contribution in [2.75, 3.05) is 45.3 Å². The molecule has 0 aliphatic carbocycles. The minimum atomic E-state index is -3.68. The molecule has 0 saturated heterocycles. The van der Waals surface area contributed by atoms with Crippen LogP contribution in [0.1, 0.15) is 0 Å². The van der Waals surface area contributed by atoms with E-state index in [1.54, 1.807) is 24.1 Å². The third-order valence-electron chi connectivity index (χ3n) is 3.00. The summed E-state index contributed by atoms with van der Waals surface area (Å²) in [7, 11) is -0.0508. The molecule has 0 atom stereocenters. The van der Waals surface area contributed by atoms with Gasteiger partial charge in [0.25, 0.3) is 0 Å². The van der Waals surface area contributed by atoms with Gasteiger partial charge in [-0.15, -0.1) is 11.8 Å². The van der Waals surface area contributed by atoms with Crippen molar-refractivity contribution in [1.29, 1.82) is 0 Å². The molecule has 23 heavy (non-hydrogen) atoms. The molecule has 0 spiro atoms. The zero-order valence-corrected chi connectivity index (χ0v) is 15.0. The van der Waals surface area contributed by atoms with Crippen LogP contribution in [0.15, 0.2) is 29.2 Å². The van der Waals surface area contributed by atoms with Crippen molar-refractivity contribution in [3.63, 3.8) is 0 Å². The quantitative estimate of drug-likeness (QED) is 0.574. The zero-order chi connectivity index (χ0) is 17.3. The summed E-state index contributed by atoms with van der Waals surface area (Å²) in [6.45, 7) is 1.89. The Kier molecular flexibility index (Phi) is 8.38. The van der Waals surface area contributed by atoms with Crippen molar-refractivity contribution in [1.82, 2.24) is 10.2 Å². The number of benzene rings is 1. The number of thioether (sulfide) groups is 1. The molecule has 0 aliphatic rings. The summed E-state index contributed by atoms with van der Waals surface area (Å²) >= 11 is 1.50. The highest BCUT2D eigenvalue weighted by Crippen LogP contribution is 2.15. The van der Waals surface area contributed by atoms with Crippen LogP contribution in [-0.4, -0.2) is 64.5 Å². The van der Waals surface area contributed by atoms with Crippen LogP contribution < -0.4 is 15.2 Å². The Morgan fingerprint density at radius 1 is 1.35 bits per heavy atom. The second kappa shape index (κ2) is 9.76. The van der Waals surface area contributed by atoms with E-state index in [0.717, 1.165) is 6.54 Å². The van der Waals surface area contributed by atoms with Crippen molar-refractivity contribution in [3.8, 4) is 5.75 Å². The topological polar surface area (TPSA) is 102 Å². The average Bonchev–Trinajstić information content (AvgIpc) is 2.51. The van der Waals surface area contributed by atoms with Crippen molar-refractivity contribution in [3.05, 3.63) is 24.3 Å². The van der Waals surface area contributed by atoms with Gasteiger partial charge in [0.2, 0.25) is 15.9 Å². The molecule has 7 nitrogen and oxygen atoms in total. The van der Waals surface area contributed by atoms with Crippen LogP contribution >= 0.6 is 11.8 Å². The second-order valence-electron chi connectivity index (χ2n) is 4.84. The van der Waals surface area contributed by atoms with E-state index >= 15 is 0 Å². The number of sulfonamides is 1. The Balaban J connectivity index is 2.24. The number of primary sulfonamides is 1. The summed E-state index contributed by atoms with van der Waals surface area (Å²) in [5.74, 6) is 1.73. The van der Waals surface area contributed by atoms with Crippen molar-refractivity contribution in [2.45, 2.75) is 4.90 Å². The molecule has 0 aliphatic heterocycles. The van der Waals surface area contributed by atoms with Gasteiger partial charge in [0.1, 0.15) is 5.75 Å². The Morgan fingerprint density at radius 2 is 2.00 bits per heavy atom. The first-order valence-electron chi connectivity index (χ1n) is 7.06. The first kappa shape index (κ1) is 19.8. The number of amides is 1. The van der Waals surface area contributed by atoms with E-state index in [9.17, 15) is 13.2 Å². The van der Waals surface area contributed by atoms with Gasteiger partial charge < -0.3 is 15.0 Å². The summed E-state index contributed by atoms with van der Waals surface area (Å²) in [5, 5.41) is 8.01. The molecule has 130 valence electrons. The Hall–Kier alpha value is -1.29. The molecule has 0 saturated carbocycles. The highest BCUT2D eigenvalue weighted by Gasteiger charge is 2.08. The van der Waals surface area contributed by atoms with Crippen LogP contribution in [0, 0.1) is 0 Å². The SMILES string of the molecule is CNCCN(C)C(=O)CSCCOc1ccc(S(N)(=O)=O)cc1. The second-order valence-corrected chi connectivity index (χ2v) is 7.50. The van der Waals surface area contributed by atoms with Gasteiger partial charge in [-0.1, -0.05) is 0 Å². The van der Waals surface area contributed by atoms with Gasteiger partial charge in [0.15, 0.2) is 0 Å². The third kappa shape index (κ3) is 7.69. The van der Waals surface area contributed by atoms with Gasteiger partial charge in [-0.25, -0.2) is 13.6 Å². The number of nitrogens with one attached hydrogen (secondary N) is 1. The van der Waals surface area contributed by atoms with E-state index in [4.69, 9.17) is 9.88 Å². The minimum absolute atomic E-state index is 0.0504. The summed E-state index contributed by atoms with van der Waals surface area (Å²) in [6, 6.07) is 5.91. The number of nitrogens with two attached hydrogens (primary N) is 1. The maximum Gasteiger partial charge on any atom is 0.238 e. The van der Waals surface area contributed by atoms with Crippen LogP contribution in [0.4, 0.5) is 0 Å². The number of nitrogens with zero attached hydrogens (tertiary/aromatic N) is 1. The molecule has 0 fully saturated rings. The normalized spacial score (nSPS) is 11.3. The Bertz CT molecular complexity index is 591. The molecule has 0 radical (unpaired) electrons. The lowest BCUT2D eigenvalue weighted by atomic mass is 10.3. The monoisotopic (exact) mass is 361 g/mol. The fourth-order valence-electron chi connectivity index (χ4n) is 1.62. The fourth-order valence-corrected chi connectivity index (χ4v) is 2.87. The van der Waals surface area contributed by atoms with Gasteiger partial charge in [-0.2, -0.15) is 0 Å². The summed E-state index contributed by atoms with van der Waals surface area (Å²) in [4.78, 5) is 13.5. The first-order valence-corrected chi connectivity index (χ1v) is 9.76. The lowest BCUT2D eigenvalue weighted by Crippen LogP contribution is -2.34. The number of hydrogen-bond donors (Lipinski definition) is 2. The number of carbonyl (C=O) groups is 1. The molecule has 3 N–H and O–H groups in total. The highest BCUT2D eigenvalue weighted by atomic mass is 32.2. The van der Waals surface area contributed by atoms with Gasteiger partial charge in [-0.05, 0) is 31.3 Å². The average molecular weight is 361 g/mol. The fraction of sp³-hybridized carbons (Fsp3) is 0.500. The van der Waals surface area contributed by atoms with Crippen LogP contribution in [0.3, 0.4) is 0 Å². The van der Waals surface area contributed by atoms with E-state index in [1.807, 2.05) is 7.05 Å². The molecular weight excluding hydrogens is 338 g/mol. The van der Waals surface area contributed by atoms with Crippen molar-refractivity contribution < 1.29 is 17.9 Å². The standard InChI is InChI=1S/C14H23N3O4S2/c1-16-7-8-17(2)14(18)11-22-10-9-21-12-3-5-13(6-4-12)23(15,19)20/h3-6,16H,7-11H2,1-2H3,(H2,15,19,20). The van der Waals surface area contributed by atoms with Gasteiger partial charge in [-0.3, -0.25) is 4.79 Å². The van der Waals surface area contributed by atoms with Crippen LogP contribution in [-0.2, 0) is 14.8 Å². The smallest absolute Gasteiger partial charge is 0.238 e. The number of likely N-dealkylation sites (N-methyl/N-ethyl adjacent to an activating group) is 2. The van der Waals surface area contributed by atoms with Crippen molar-refractivity contribution in [2.24, 2.45) is 5.14 Å². The Labute approximate surface area is 141 Å². The van der Waals surface area contributed by atoms with E-state index in [-0.39, 0.29) is 10.8 Å². The molecule has 1 amide bonds. The first-order chi connectivity index (χ1) is 10.8. The summed E-state index contributed by atoms with van der Waals surface area (Å²) < 4.78 is 27.7. The number of ether oxygens (including phenoxy) is 1. The lowest BCUT2D eigenvalue weighted by Gasteiger charge is -2.16. The van der Waals surface area contributed by atoms with E-state index in [2.05, 4.69) is 5.32 Å². The predicted octanol–water partition coefficient (Wildman–Crippen LogP) is 0.124. The number of carbonyl (C=O) groups excluding carboxylic acids is 1. The Morgan fingerprint density at radius 3 is 2.57 bits per heavy atom. The van der Waals surface area contributed by atoms with Crippen molar-refractivity contribution >= 4 is 27.7 Å². The van der Waals surface area contributed by atoms with Crippen LogP contribution in [0.5, 0.6) is 5.75 Å². The van der Waals surface area contributed by atoms with Crippen LogP contribution in [0.2, 0.25) is 0 Å². The summed E-state index contributed by atoms with van der Waals surface area (Å²) in [5.41, 5.74) is 0. The maximum absolute atomic E-state index is 11.8. The van der Waals surface area contributed by atoms with E-state index in [0.29, 0.717) is 30.4 Å². The molecule has 1 rings (SSSR count). The van der Waals surface area contributed by atoms with Gasteiger partial charge >= 0.3 is 0 Å². The summed E-state index contributed by atoms with van der Waals surface area (Å²) in [6.07, 6.45) is 0. The van der Waals surface area contributed by atoms with Crippen LogP contribution in [0.25, 0.3) is 0 Å². The molecule has 1 aromatic carbocycles. The van der Waals surface area contributed by atoms with Gasteiger partial charge in [0, 0.05) is 25.9 Å². The number of hydrogen-bond acceptors (Lipinski definition) is 6. The molecule has 0 heterocycles. The van der Waals surface area contributed by atoms with E-state index < -0.39 is 10.0 Å². The highest BCUT2D eigenvalue weighted by molar-refractivity contribution is 7.99. The predicted molar refractivity (Wildman–Crippen MR) is 92.2 cm³/mol. The zero-order valence-electron chi connectivity index (χ0n) is 13.3. The number of rotatable bonds is 10. The molecule has 9 heteroatoms. The largest absolute Gasteiger partial charge is 0.493 e. The minimum Gasteiger partial charge on any atom is -0.493 e. The molecule has 0 aromatic heterocycles. The van der Waals surface area contributed by atoms with E-state index in [1.165, 1.54) is 23.9 Å². The molecular formula is C14H23N3O4S2. The molecule has 0 unspecified atom stereocenters. The molecule has 1 aromatic rings.